The zero-order valence-electron chi connectivity index (χ0n) is 12.4. The molecule has 1 aliphatic rings. The lowest BCUT2D eigenvalue weighted by atomic mass is 10.2. The minimum absolute atomic E-state index is 0.205. The highest BCUT2D eigenvalue weighted by atomic mass is 35.5. The number of nitrogens with zero attached hydrogens (tertiary/aromatic N) is 3. The summed E-state index contributed by atoms with van der Waals surface area (Å²) >= 11 is 12.1. The van der Waals surface area contributed by atoms with Crippen molar-refractivity contribution in [1.29, 1.82) is 0 Å². The fourth-order valence-corrected chi connectivity index (χ4v) is 3.18. The van der Waals surface area contributed by atoms with E-state index in [2.05, 4.69) is 28.9 Å². The summed E-state index contributed by atoms with van der Waals surface area (Å²) in [5.41, 5.74) is 0.688. The van der Waals surface area contributed by atoms with Gasteiger partial charge in [-0.2, -0.15) is 0 Å². The third-order valence-corrected chi connectivity index (χ3v) is 4.03. The molecule has 2 aromatic rings. The van der Waals surface area contributed by atoms with Gasteiger partial charge in [-0.3, -0.25) is 4.90 Å². The lowest BCUT2D eigenvalue weighted by Crippen LogP contribution is -2.44. The molecule has 2 atom stereocenters. The van der Waals surface area contributed by atoms with E-state index < -0.39 is 0 Å². The number of rotatable bonds is 3. The molecule has 0 radical (unpaired) electrons. The van der Waals surface area contributed by atoms with Gasteiger partial charge in [-0.25, -0.2) is 0 Å². The molecule has 1 aromatic heterocycles. The average Bonchev–Trinajstić information content (AvgIpc) is 2.85. The molecule has 118 valence electrons. The van der Waals surface area contributed by atoms with Gasteiger partial charge in [0.15, 0.2) is 0 Å². The maximum atomic E-state index is 6.16. The summed E-state index contributed by atoms with van der Waals surface area (Å²) in [6.07, 6.45) is 0.411. The Hall–Kier alpha value is -1.14. The summed E-state index contributed by atoms with van der Waals surface area (Å²) in [5, 5.41) is 9.26. The Kier molecular flexibility index (Phi) is 4.68. The van der Waals surface area contributed by atoms with Crippen molar-refractivity contribution in [2.24, 2.45) is 0 Å². The Morgan fingerprint density at radius 2 is 1.91 bits per heavy atom. The van der Waals surface area contributed by atoms with E-state index in [1.165, 1.54) is 0 Å². The first-order chi connectivity index (χ1) is 10.5. The quantitative estimate of drug-likeness (QED) is 0.852. The molecule has 2 unspecified atom stereocenters. The number of aromatic nitrogens is 2. The van der Waals surface area contributed by atoms with Crippen LogP contribution in [0.4, 0.5) is 0 Å². The van der Waals surface area contributed by atoms with Crippen molar-refractivity contribution in [3.63, 3.8) is 0 Å². The van der Waals surface area contributed by atoms with Crippen LogP contribution in [0.1, 0.15) is 19.7 Å². The molecule has 0 aliphatic carbocycles. The summed E-state index contributed by atoms with van der Waals surface area (Å²) in [5.74, 6) is 0.980. The summed E-state index contributed by atoms with van der Waals surface area (Å²) in [6.45, 7) is 6.44. The second-order valence-corrected chi connectivity index (χ2v) is 6.42. The molecule has 0 spiro atoms. The number of hydrogen-bond donors (Lipinski definition) is 0. The third kappa shape index (κ3) is 3.60. The topological polar surface area (TPSA) is 51.4 Å². The normalized spacial score (nSPS) is 22.9. The first kappa shape index (κ1) is 15.7. The molecule has 0 amide bonds. The second-order valence-electron chi connectivity index (χ2n) is 5.58. The van der Waals surface area contributed by atoms with Gasteiger partial charge in [-0.15, -0.1) is 10.2 Å². The summed E-state index contributed by atoms with van der Waals surface area (Å²) < 4.78 is 11.4. The van der Waals surface area contributed by atoms with Gasteiger partial charge in [0.1, 0.15) is 0 Å². The molecule has 3 rings (SSSR count). The number of ether oxygens (including phenoxy) is 1. The predicted octanol–water partition coefficient (Wildman–Crippen LogP) is 3.65. The van der Waals surface area contributed by atoms with E-state index in [4.69, 9.17) is 32.4 Å². The van der Waals surface area contributed by atoms with Gasteiger partial charge < -0.3 is 9.15 Å². The molecule has 0 saturated carbocycles. The van der Waals surface area contributed by atoms with Crippen molar-refractivity contribution in [3.05, 3.63) is 34.1 Å². The standard InChI is InChI=1S/C15H17Cl2N3O2/c1-9-6-20(7-10(2)21-9)8-14-18-19-15(22-14)12-4-3-11(16)5-13(12)17/h3-5,9-10H,6-8H2,1-2H3. The molecular formula is C15H17Cl2N3O2. The molecule has 2 heterocycles. The van der Waals surface area contributed by atoms with Gasteiger partial charge in [0.25, 0.3) is 0 Å². The van der Waals surface area contributed by atoms with Crippen LogP contribution >= 0.6 is 23.2 Å². The van der Waals surface area contributed by atoms with Crippen LogP contribution < -0.4 is 0 Å². The van der Waals surface area contributed by atoms with Crippen LogP contribution in [-0.4, -0.2) is 40.4 Å². The molecule has 0 N–H and O–H groups in total. The smallest absolute Gasteiger partial charge is 0.249 e. The second kappa shape index (κ2) is 6.54. The summed E-state index contributed by atoms with van der Waals surface area (Å²) in [4.78, 5) is 2.25. The van der Waals surface area contributed by atoms with E-state index >= 15 is 0 Å². The maximum Gasteiger partial charge on any atom is 0.249 e. The lowest BCUT2D eigenvalue weighted by Gasteiger charge is -2.34. The number of halogens is 2. The van der Waals surface area contributed by atoms with Gasteiger partial charge in [-0.1, -0.05) is 23.2 Å². The largest absolute Gasteiger partial charge is 0.419 e. The minimum atomic E-state index is 0.205. The highest BCUT2D eigenvalue weighted by molar-refractivity contribution is 6.36. The van der Waals surface area contributed by atoms with Gasteiger partial charge in [-0.05, 0) is 32.0 Å². The van der Waals surface area contributed by atoms with Crippen molar-refractivity contribution in [2.75, 3.05) is 13.1 Å². The molecule has 1 saturated heterocycles. The van der Waals surface area contributed by atoms with E-state index in [9.17, 15) is 0 Å². The van der Waals surface area contributed by atoms with E-state index in [-0.39, 0.29) is 12.2 Å². The van der Waals surface area contributed by atoms with Crippen molar-refractivity contribution >= 4 is 23.2 Å². The predicted molar refractivity (Wildman–Crippen MR) is 85.0 cm³/mol. The molecule has 5 nitrogen and oxygen atoms in total. The maximum absolute atomic E-state index is 6.16. The Morgan fingerprint density at radius 3 is 2.59 bits per heavy atom. The Labute approximate surface area is 139 Å². The van der Waals surface area contributed by atoms with Gasteiger partial charge in [0, 0.05) is 18.1 Å². The van der Waals surface area contributed by atoms with Gasteiger partial charge >= 0.3 is 0 Å². The van der Waals surface area contributed by atoms with Crippen LogP contribution in [0.5, 0.6) is 0 Å². The third-order valence-electron chi connectivity index (χ3n) is 3.48. The van der Waals surface area contributed by atoms with Crippen LogP contribution in [0.3, 0.4) is 0 Å². The van der Waals surface area contributed by atoms with E-state index in [0.717, 1.165) is 13.1 Å². The highest BCUT2D eigenvalue weighted by Gasteiger charge is 2.24. The Bertz CT molecular complexity index is 652. The number of benzene rings is 1. The average molecular weight is 342 g/mol. The van der Waals surface area contributed by atoms with Crippen molar-refractivity contribution in [3.8, 4) is 11.5 Å². The molecule has 22 heavy (non-hydrogen) atoms. The fourth-order valence-electron chi connectivity index (χ4n) is 2.69. The molecule has 1 fully saturated rings. The first-order valence-corrected chi connectivity index (χ1v) is 7.92. The number of morpholine rings is 1. The Morgan fingerprint density at radius 1 is 1.18 bits per heavy atom. The zero-order chi connectivity index (χ0) is 15.7. The SMILES string of the molecule is CC1CN(Cc2nnc(-c3ccc(Cl)cc3Cl)o2)CC(C)O1. The summed E-state index contributed by atoms with van der Waals surface area (Å²) in [6, 6.07) is 5.19. The molecule has 0 bridgehead atoms. The molecular weight excluding hydrogens is 325 g/mol. The fraction of sp³-hybridized carbons (Fsp3) is 0.467. The molecule has 1 aliphatic heterocycles. The zero-order valence-corrected chi connectivity index (χ0v) is 13.9. The van der Waals surface area contributed by atoms with Crippen LogP contribution in [0, 0.1) is 0 Å². The van der Waals surface area contributed by atoms with Crippen LogP contribution in [-0.2, 0) is 11.3 Å². The van der Waals surface area contributed by atoms with E-state index in [1.54, 1.807) is 18.2 Å². The van der Waals surface area contributed by atoms with Gasteiger partial charge in [0.2, 0.25) is 11.8 Å². The lowest BCUT2D eigenvalue weighted by molar-refractivity contribution is -0.0721. The molecule has 7 heteroatoms. The van der Waals surface area contributed by atoms with Crippen LogP contribution in [0.2, 0.25) is 10.0 Å². The van der Waals surface area contributed by atoms with Crippen LogP contribution in [0.15, 0.2) is 22.6 Å². The van der Waals surface area contributed by atoms with E-state index in [0.29, 0.717) is 33.9 Å². The summed E-state index contributed by atoms with van der Waals surface area (Å²) in [7, 11) is 0. The first-order valence-electron chi connectivity index (χ1n) is 7.17. The van der Waals surface area contributed by atoms with Crippen molar-refractivity contribution < 1.29 is 9.15 Å². The highest BCUT2D eigenvalue weighted by Crippen LogP contribution is 2.29. The van der Waals surface area contributed by atoms with Crippen molar-refractivity contribution in [1.82, 2.24) is 15.1 Å². The van der Waals surface area contributed by atoms with E-state index in [1.807, 2.05) is 0 Å². The minimum Gasteiger partial charge on any atom is -0.419 e. The Balaban J connectivity index is 1.73. The van der Waals surface area contributed by atoms with Gasteiger partial charge in [0.05, 0.1) is 29.3 Å². The van der Waals surface area contributed by atoms with Crippen molar-refractivity contribution in [2.45, 2.75) is 32.6 Å². The number of hydrogen-bond acceptors (Lipinski definition) is 5. The molecule has 1 aromatic carbocycles. The monoisotopic (exact) mass is 341 g/mol. The van der Waals surface area contributed by atoms with Crippen LogP contribution in [0.25, 0.3) is 11.5 Å².